The Morgan fingerprint density at radius 3 is 2.71 bits per heavy atom. The summed E-state index contributed by atoms with van der Waals surface area (Å²) in [5.74, 6) is 0.870. The van der Waals surface area contributed by atoms with Gasteiger partial charge in [0.25, 0.3) is 0 Å². The van der Waals surface area contributed by atoms with Crippen LogP contribution in [0.25, 0.3) is 0 Å². The van der Waals surface area contributed by atoms with E-state index in [-0.39, 0.29) is 5.84 Å². The van der Waals surface area contributed by atoms with E-state index < -0.39 is 0 Å². The summed E-state index contributed by atoms with van der Waals surface area (Å²) in [5, 5.41) is 12.1. The van der Waals surface area contributed by atoms with E-state index in [1.807, 2.05) is 12.1 Å². The van der Waals surface area contributed by atoms with Crippen molar-refractivity contribution in [2.24, 2.45) is 16.8 Å². The number of piperidine rings is 1. The standard InChI is InChI=1S/C16H26N4O/c1-12-5-4-6-14(16(17)18-21)15(12)20(3)11-13-7-9-19(2)10-8-13/h4-6,13,21H,7-11H2,1-3H3,(H2,17,18). The molecular weight excluding hydrogens is 264 g/mol. The number of rotatable bonds is 4. The quantitative estimate of drug-likeness (QED) is 0.384. The van der Waals surface area contributed by atoms with E-state index in [1.54, 1.807) is 0 Å². The van der Waals surface area contributed by atoms with Crippen molar-refractivity contribution in [3.8, 4) is 0 Å². The number of nitrogens with zero attached hydrogens (tertiary/aromatic N) is 3. The van der Waals surface area contributed by atoms with E-state index in [1.165, 1.54) is 25.9 Å². The average Bonchev–Trinajstić information content (AvgIpc) is 2.48. The van der Waals surface area contributed by atoms with Crippen LogP contribution >= 0.6 is 0 Å². The van der Waals surface area contributed by atoms with Gasteiger partial charge in [-0.15, -0.1) is 0 Å². The van der Waals surface area contributed by atoms with Crippen LogP contribution in [0.15, 0.2) is 23.4 Å². The van der Waals surface area contributed by atoms with Crippen LogP contribution < -0.4 is 10.6 Å². The summed E-state index contributed by atoms with van der Waals surface area (Å²) >= 11 is 0. The van der Waals surface area contributed by atoms with Gasteiger partial charge in [-0.2, -0.15) is 0 Å². The molecule has 1 saturated heterocycles. The van der Waals surface area contributed by atoms with Gasteiger partial charge in [0.15, 0.2) is 5.84 Å². The van der Waals surface area contributed by atoms with Crippen molar-refractivity contribution >= 4 is 11.5 Å². The molecule has 5 nitrogen and oxygen atoms in total. The van der Waals surface area contributed by atoms with Gasteiger partial charge in [-0.05, 0) is 57.5 Å². The fourth-order valence-corrected chi connectivity index (χ4v) is 3.15. The summed E-state index contributed by atoms with van der Waals surface area (Å²) in [6.07, 6.45) is 2.46. The van der Waals surface area contributed by atoms with Gasteiger partial charge in [0, 0.05) is 19.2 Å². The summed E-state index contributed by atoms with van der Waals surface area (Å²) in [4.78, 5) is 4.63. The minimum Gasteiger partial charge on any atom is -0.409 e. The molecule has 3 N–H and O–H groups in total. The normalized spacial score (nSPS) is 18.0. The van der Waals surface area contributed by atoms with Gasteiger partial charge < -0.3 is 20.7 Å². The number of hydrogen-bond donors (Lipinski definition) is 2. The summed E-state index contributed by atoms with van der Waals surface area (Å²) in [6.45, 7) is 5.40. The maximum Gasteiger partial charge on any atom is 0.172 e. The van der Waals surface area contributed by atoms with Gasteiger partial charge in [0.05, 0.1) is 5.69 Å². The van der Waals surface area contributed by atoms with Crippen LogP contribution in [0, 0.1) is 12.8 Å². The highest BCUT2D eigenvalue weighted by molar-refractivity contribution is 6.02. The second kappa shape index (κ2) is 6.80. The Morgan fingerprint density at radius 1 is 1.43 bits per heavy atom. The molecular formula is C16H26N4O. The Hall–Kier alpha value is -1.75. The molecule has 2 rings (SSSR count). The maximum absolute atomic E-state index is 8.97. The molecule has 1 aliphatic heterocycles. The zero-order valence-corrected chi connectivity index (χ0v) is 13.2. The first kappa shape index (κ1) is 15.6. The number of nitrogens with two attached hydrogens (primary N) is 1. The first-order valence-corrected chi connectivity index (χ1v) is 7.50. The number of aryl methyl sites for hydroxylation is 1. The minimum absolute atomic E-state index is 0.170. The van der Waals surface area contributed by atoms with Crippen LogP contribution in [0.1, 0.15) is 24.0 Å². The van der Waals surface area contributed by atoms with Gasteiger partial charge in [-0.1, -0.05) is 17.3 Å². The fourth-order valence-electron chi connectivity index (χ4n) is 3.15. The van der Waals surface area contributed by atoms with Gasteiger partial charge in [0.1, 0.15) is 0 Å². The molecule has 21 heavy (non-hydrogen) atoms. The lowest BCUT2D eigenvalue weighted by molar-refractivity contribution is 0.222. The third kappa shape index (κ3) is 3.67. The highest BCUT2D eigenvalue weighted by Crippen LogP contribution is 2.27. The second-order valence-corrected chi connectivity index (χ2v) is 6.08. The topological polar surface area (TPSA) is 65.1 Å². The first-order valence-electron chi connectivity index (χ1n) is 7.50. The number of hydrogen-bond acceptors (Lipinski definition) is 4. The molecule has 1 aromatic carbocycles. The summed E-state index contributed by atoms with van der Waals surface area (Å²) in [6, 6.07) is 5.91. The zero-order chi connectivity index (χ0) is 15.4. The molecule has 1 fully saturated rings. The number of para-hydroxylation sites is 1. The molecule has 1 aromatic rings. The molecule has 0 aliphatic carbocycles. The Labute approximate surface area is 127 Å². The van der Waals surface area contributed by atoms with Crippen LogP contribution in [-0.2, 0) is 0 Å². The number of oxime groups is 1. The van der Waals surface area contributed by atoms with Crippen molar-refractivity contribution in [2.75, 3.05) is 38.6 Å². The molecule has 0 atom stereocenters. The lowest BCUT2D eigenvalue weighted by atomic mass is 9.95. The number of amidine groups is 1. The van der Waals surface area contributed by atoms with E-state index >= 15 is 0 Å². The predicted octanol–water partition coefficient (Wildman–Crippen LogP) is 1.87. The number of benzene rings is 1. The third-order valence-electron chi connectivity index (χ3n) is 4.37. The smallest absolute Gasteiger partial charge is 0.172 e. The maximum atomic E-state index is 8.97. The lowest BCUT2D eigenvalue weighted by Crippen LogP contribution is -2.36. The van der Waals surface area contributed by atoms with Gasteiger partial charge in [0.2, 0.25) is 0 Å². The molecule has 0 radical (unpaired) electrons. The Bertz CT molecular complexity index is 507. The Balaban J connectivity index is 2.17. The van der Waals surface area contributed by atoms with E-state index in [4.69, 9.17) is 10.9 Å². The van der Waals surface area contributed by atoms with Crippen LogP contribution in [-0.4, -0.2) is 49.7 Å². The van der Waals surface area contributed by atoms with Crippen LogP contribution in [0.3, 0.4) is 0 Å². The minimum atomic E-state index is 0.170. The Morgan fingerprint density at radius 2 is 2.10 bits per heavy atom. The largest absolute Gasteiger partial charge is 0.409 e. The summed E-state index contributed by atoms with van der Waals surface area (Å²) in [5.41, 5.74) is 8.83. The molecule has 0 amide bonds. The van der Waals surface area contributed by atoms with Crippen molar-refractivity contribution in [1.29, 1.82) is 0 Å². The summed E-state index contributed by atoms with van der Waals surface area (Å²) < 4.78 is 0. The lowest BCUT2D eigenvalue weighted by Gasteiger charge is -2.33. The van der Waals surface area contributed by atoms with Gasteiger partial charge in [-0.25, -0.2) is 0 Å². The van der Waals surface area contributed by atoms with Crippen LogP contribution in [0.2, 0.25) is 0 Å². The zero-order valence-electron chi connectivity index (χ0n) is 13.2. The first-order chi connectivity index (χ1) is 10.0. The van der Waals surface area contributed by atoms with E-state index in [9.17, 15) is 0 Å². The number of anilines is 1. The summed E-state index contributed by atoms with van der Waals surface area (Å²) in [7, 11) is 4.27. The fraction of sp³-hybridized carbons (Fsp3) is 0.562. The van der Waals surface area contributed by atoms with Gasteiger partial charge >= 0.3 is 0 Å². The van der Waals surface area contributed by atoms with Gasteiger partial charge in [-0.3, -0.25) is 0 Å². The molecule has 0 saturated carbocycles. The van der Waals surface area contributed by atoms with Crippen LogP contribution in [0.5, 0.6) is 0 Å². The molecule has 5 heteroatoms. The van der Waals surface area contributed by atoms with E-state index in [0.29, 0.717) is 5.92 Å². The molecule has 0 unspecified atom stereocenters. The molecule has 1 heterocycles. The third-order valence-corrected chi connectivity index (χ3v) is 4.37. The van der Waals surface area contributed by atoms with Crippen LogP contribution in [0.4, 0.5) is 5.69 Å². The van der Waals surface area contributed by atoms with Crippen molar-refractivity contribution in [3.63, 3.8) is 0 Å². The molecule has 0 aromatic heterocycles. The second-order valence-electron chi connectivity index (χ2n) is 6.08. The predicted molar refractivity (Wildman–Crippen MR) is 87.2 cm³/mol. The molecule has 0 spiro atoms. The van der Waals surface area contributed by atoms with Crippen molar-refractivity contribution in [1.82, 2.24) is 4.90 Å². The molecule has 0 bridgehead atoms. The molecule has 116 valence electrons. The highest BCUT2D eigenvalue weighted by atomic mass is 16.4. The molecule has 1 aliphatic rings. The Kier molecular flexibility index (Phi) is 5.07. The van der Waals surface area contributed by atoms with E-state index in [0.717, 1.165) is 23.4 Å². The van der Waals surface area contributed by atoms with Crippen molar-refractivity contribution < 1.29 is 5.21 Å². The van der Waals surface area contributed by atoms with E-state index in [2.05, 4.69) is 42.0 Å². The number of likely N-dealkylation sites (tertiary alicyclic amines) is 1. The van der Waals surface area contributed by atoms with Crippen molar-refractivity contribution in [3.05, 3.63) is 29.3 Å². The average molecular weight is 290 g/mol. The van der Waals surface area contributed by atoms with Crippen molar-refractivity contribution in [2.45, 2.75) is 19.8 Å². The monoisotopic (exact) mass is 290 g/mol. The SMILES string of the molecule is Cc1cccc(/C(N)=N/O)c1N(C)CC1CCN(C)CC1. The highest BCUT2D eigenvalue weighted by Gasteiger charge is 2.20.